The molecule has 0 N–H and O–H groups in total. The first-order chi connectivity index (χ1) is 17.8. The van der Waals surface area contributed by atoms with Crippen LogP contribution in [0.1, 0.15) is 43.4 Å². The molecule has 0 radical (unpaired) electrons. The van der Waals surface area contributed by atoms with E-state index in [1.54, 1.807) is 18.4 Å². The molecule has 1 aromatic heterocycles. The van der Waals surface area contributed by atoms with Gasteiger partial charge in [-0.25, -0.2) is 4.98 Å². The molecule has 0 spiro atoms. The molecule has 190 valence electrons. The monoisotopic (exact) mass is 559 g/mol. The van der Waals surface area contributed by atoms with E-state index in [-0.39, 0.29) is 11.5 Å². The summed E-state index contributed by atoms with van der Waals surface area (Å²) >= 11 is 3.54. The van der Waals surface area contributed by atoms with Crippen molar-refractivity contribution < 1.29 is 9.47 Å². The van der Waals surface area contributed by atoms with E-state index in [0.717, 1.165) is 32.5 Å². The highest BCUT2D eigenvalue weighted by atomic mass is 79.9. The van der Waals surface area contributed by atoms with Crippen molar-refractivity contribution in [2.24, 2.45) is 5.10 Å². The van der Waals surface area contributed by atoms with Crippen molar-refractivity contribution in [2.75, 3.05) is 13.2 Å². The Labute approximate surface area is 225 Å². The van der Waals surface area contributed by atoms with Crippen LogP contribution in [0.25, 0.3) is 22.3 Å². The number of aryl methyl sites for hydroxylation is 1. The zero-order valence-corrected chi connectivity index (χ0v) is 23.1. The van der Waals surface area contributed by atoms with E-state index in [0.29, 0.717) is 35.7 Å². The van der Waals surface area contributed by atoms with E-state index >= 15 is 0 Å². The summed E-state index contributed by atoms with van der Waals surface area (Å²) in [5.41, 5.74) is 4.03. The molecule has 0 bridgehead atoms. The second kappa shape index (κ2) is 11.6. The van der Waals surface area contributed by atoms with Crippen molar-refractivity contribution in [1.29, 1.82) is 0 Å². The van der Waals surface area contributed by atoms with Crippen LogP contribution in [0.3, 0.4) is 0 Å². The third-order valence-corrected chi connectivity index (χ3v) is 6.53. The molecule has 0 atom stereocenters. The Kier molecular flexibility index (Phi) is 8.24. The first-order valence-corrected chi connectivity index (χ1v) is 13.0. The molecule has 1 heterocycles. The fourth-order valence-electron chi connectivity index (χ4n) is 4.06. The number of benzene rings is 3. The molecule has 4 aromatic rings. The van der Waals surface area contributed by atoms with E-state index in [1.165, 1.54) is 4.68 Å². The molecule has 0 saturated carbocycles. The standard InChI is InChI=1S/C30H30BrN3O3/c1-6-14-37-27-13-12-21(16-25(27)31)18-32-34-29(33-26-11-9-8-10-22(26)30(34)35)24-17-23(19(3)4)28(36-7-2)15-20(24)5/h6,8-13,15-19H,1,7,14H2,2-5H3. The van der Waals surface area contributed by atoms with Gasteiger partial charge in [-0.05, 0) is 94.9 Å². The fourth-order valence-corrected chi connectivity index (χ4v) is 4.57. The SMILES string of the molecule is C=CCOc1ccc(C=Nn2c(-c3cc(C(C)C)c(OCC)cc3C)nc3ccccc3c2=O)cc1Br. The molecule has 4 rings (SSSR count). The number of ether oxygens (including phenoxy) is 2. The lowest BCUT2D eigenvalue weighted by Crippen LogP contribution is -2.20. The van der Waals surface area contributed by atoms with Crippen LogP contribution in [0, 0.1) is 6.92 Å². The molecule has 0 fully saturated rings. The lowest BCUT2D eigenvalue weighted by Gasteiger charge is -2.18. The van der Waals surface area contributed by atoms with Crippen molar-refractivity contribution in [3.63, 3.8) is 0 Å². The van der Waals surface area contributed by atoms with Gasteiger partial charge in [-0.15, -0.1) is 0 Å². The summed E-state index contributed by atoms with van der Waals surface area (Å²) in [6.45, 7) is 12.9. The number of rotatable bonds is 9. The summed E-state index contributed by atoms with van der Waals surface area (Å²) in [6, 6.07) is 17.0. The second-order valence-corrected chi connectivity index (χ2v) is 9.75. The normalized spacial score (nSPS) is 11.4. The molecule has 0 unspecified atom stereocenters. The highest BCUT2D eigenvalue weighted by Crippen LogP contribution is 2.34. The molecule has 0 aliphatic carbocycles. The van der Waals surface area contributed by atoms with Crippen LogP contribution in [0.5, 0.6) is 11.5 Å². The van der Waals surface area contributed by atoms with Crippen LogP contribution >= 0.6 is 15.9 Å². The number of nitrogens with zero attached hydrogens (tertiary/aromatic N) is 3. The Hall–Kier alpha value is -3.71. The molecule has 0 amide bonds. The molecular formula is C30H30BrN3O3. The molecule has 37 heavy (non-hydrogen) atoms. The van der Waals surface area contributed by atoms with Crippen molar-refractivity contribution in [2.45, 2.75) is 33.6 Å². The summed E-state index contributed by atoms with van der Waals surface area (Å²) < 4.78 is 13.7. The third kappa shape index (κ3) is 5.67. The maximum atomic E-state index is 13.6. The number of hydrogen-bond acceptors (Lipinski definition) is 5. The third-order valence-electron chi connectivity index (χ3n) is 5.91. The quantitative estimate of drug-likeness (QED) is 0.162. The average molecular weight is 560 g/mol. The molecule has 6 nitrogen and oxygen atoms in total. The average Bonchev–Trinajstić information content (AvgIpc) is 2.88. The Morgan fingerprint density at radius 2 is 1.89 bits per heavy atom. The van der Waals surface area contributed by atoms with Crippen LogP contribution in [0.15, 0.2) is 81.6 Å². The summed E-state index contributed by atoms with van der Waals surface area (Å²) in [5.74, 6) is 2.26. The lowest BCUT2D eigenvalue weighted by atomic mass is 9.96. The molecule has 0 aliphatic heterocycles. The number of halogens is 1. The van der Waals surface area contributed by atoms with Gasteiger partial charge in [-0.1, -0.05) is 38.6 Å². The zero-order chi connectivity index (χ0) is 26.5. The Bertz CT molecular complexity index is 1540. The van der Waals surface area contributed by atoms with Crippen LogP contribution in [-0.4, -0.2) is 29.1 Å². The summed E-state index contributed by atoms with van der Waals surface area (Å²) in [5, 5.41) is 5.12. The first kappa shape index (κ1) is 26.4. The number of para-hydroxylation sites is 1. The van der Waals surface area contributed by atoms with Gasteiger partial charge in [0.15, 0.2) is 5.82 Å². The lowest BCUT2D eigenvalue weighted by molar-refractivity contribution is 0.335. The molecule has 7 heteroatoms. The van der Waals surface area contributed by atoms with E-state index in [2.05, 4.69) is 47.5 Å². The predicted octanol–water partition coefficient (Wildman–Crippen LogP) is 7.10. The van der Waals surface area contributed by atoms with Gasteiger partial charge in [-0.3, -0.25) is 4.79 Å². The summed E-state index contributed by atoms with van der Waals surface area (Å²) in [7, 11) is 0. The number of aromatic nitrogens is 2. The largest absolute Gasteiger partial charge is 0.494 e. The molecule has 0 aliphatic rings. The molecule has 0 saturated heterocycles. The van der Waals surface area contributed by atoms with Crippen molar-refractivity contribution in [3.05, 3.63) is 98.8 Å². The minimum absolute atomic E-state index is 0.226. The van der Waals surface area contributed by atoms with Gasteiger partial charge in [0.05, 0.1) is 28.2 Å². The van der Waals surface area contributed by atoms with Gasteiger partial charge in [0, 0.05) is 5.56 Å². The summed E-state index contributed by atoms with van der Waals surface area (Å²) in [6.07, 6.45) is 3.34. The Morgan fingerprint density at radius 3 is 2.59 bits per heavy atom. The van der Waals surface area contributed by atoms with Crippen molar-refractivity contribution in [3.8, 4) is 22.9 Å². The van der Waals surface area contributed by atoms with E-state index in [9.17, 15) is 4.79 Å². The minimum Gasteiger partial charge on any atom is -0.494 e. The van der Waals surface area contributed by atoms with Gasteiger partial charge in [-0.2, -0.15) is 9.78 Å². The van der Waals surface area contributed by atoms with Crippen LogP contribution in [-0.2, 0) is 0 Å². The fraction of sp³-hybridized carbons (Fsp3) is 0.233. The predicted molar refractivity (Wildman–Crippen MR) is 154 cm³/mol. The molecular weight excluding hydrogens is 530 g/mol. The van der Waals surface area contributed by atoms with Gasteiger partial charge in [0.1, 0.15) is 18.1 Å². The van der Waals surface area contributed by atoms with Crippen molar-refractivity contribution in [1.82, 2.24) is 9.66 Å². The second-order valence-electron chi connectivity index (χ2n) is 8.90. The van der Waals surface area contributed by atoms with E-state index in [1.807, 2.05) is 56.3 Å². The highest BCUT2D eigenvalue weighted by Gasteiger charge is 2.18. The minimum atomic E-state index is -0.235. The maximum absolute atomic E-state index is 13.6. The first-order valence-electron chi connectivity index (χ1n) is 12.2. The van der Waals surface area contributed by atoms with Gasteiger partial charge in [0.25, 0.3) is 5.56 Å². The van der Waals surface area contributed by atoms with E-state index in [4.69, 9.17) is 14.5 Å². The van der Waals surface area contributed by atoms with Gasteiger partial charge >= 0.3 is 0 Å². The number of fused-ring (bicyclic) bond motifs is 1. The Balaban J connectivity index is 1.89. The maximum Gasteiger partial charge on any atom is 0.282 e. The topological polar surface area (TPSA) is 65.7 Å². The molecule has 3 aromatic carbocycles. The zero-order valence-electron chi connectivity index (χ0n) is 21.5. The Morgan fingerprint density at radius 1 is 1.11 bits per heavy atom. The highest BCUT2D eigenvalue weighted by molar-refractivity contribution is 9.10. The van der Waals surface area contributed by atoms with Gasteiger partial charge in [0.2, 0.25) is 0 Å². The van der Waals surface area contributed by atoms with Crippen LogP contribution in [0.4, 0.5) is 0 Å². The smallest absolute Gasteiger partial charge is 0.282 e. The van der Waals surface area contributed by atoms with Crippen LogP contribution < -0.4 is 15.0 Å². The van der Waals surface area contributed by atoms with Crippen LogP contribution in [0.2, 0.25) is 0 Å². The van der Waals surface area contributed by atoms with Crippen molar-refractivity contribution >= 4 is 33.0 Å². The number of hydrogen-bond donors (Lipinski definition) is 0. The van der Waals surface area contributed by atoms with E-state index < -0.39 is 0 Å². The summed E-state index contributed by atoms with van der Waals surface area (Å²) in [4.78, 5) is 18.5. The van der Waals surface area contributed by atoms with Gasteiger partial charge < -0.3 is 9.47 Å².